The standard InChI is InChI=1S/C14H24N4O/c1-3-15-14(19)13-10-11(6-8-16-13)4-5-12-7-9-17-18(12)2/h7,9,11,13,16H,3-6,8,10H2,1-2H3,(H,15,19). The molecule has 1 saturated heterocycles. The molecule has 1 amide bonds. The molecule has 2 atom stereocenters. The summed E-state index contributed by atoms with van der Waals surface area (Å²) in [6.07, 6.45) is 6.13. The maximum absolute atomic E-state index is 11.8. The molecule has 0 bridgehead atoms. The van der Waals surface area contributed by atoms with Crippen molar-refractivity contribution in [2.45, 2.75) is 38.6 Å². The Bertz CT molecular complexity index is 415. The van der Waals surface area contributed by atoms with Gasteiger partial charge in [0.2, 0.25) is 5.91 Å². The van der Waals surface area contributed by atoms with E-state index < -0.39 is 0 Å². The zero-order chi connectivity index (χ0) is 13.7. The molecule has 2 rings (SSSR count). The molecule has 1 aliphatic heterocycles. The maximum atomic E-state index is 11.8. The van der Waals surface area contributed by atoms with Gasteiger partial charge in [-0.05, 0) is 51.1 Å². The van der Waals surface area contributed by atoms with Crippen LogP contribution in [0, 0.1) is 5.92 Å². The number of hydrogen-bond acceptors (Lipinski definition) is 3. The molecule has 1 fully saturated rings. The van der Waals surface area contributed by atoms with E-state index in [1.54, 1.807) is 0 Å². The number of aryl methyl sites for hydroxylation is 2. The minimum Gasteiger partial charge on any atom is -0.355 e. The Balaban J connectivity index is 1.81. The topological polar surface area (TPSA) is 59.0 Å². The van der Waals surface area contributed by atoms with Gasteiger partial charge in [-0.15, -0.1) is 0 Å². The quantitative estimate of drug-likeness (QED) is 0.829. The minimum absolute atomic E-state index is 0.00904. The van der Waals surface area contributed by atoms with Crippen molar-refractivity contribution >= 4 is 5.91 Å². The molecule has 0 aliphatic carbocycles. The lowest BCUT2D eigenvalue weighted by Crippen LogP contribution is -2.48. The summed E-state index contributed by atoms with van der Waals surface area (Å²) in [5.41, 5.74) is 1.27. The van der Waals surface area contributed by atoms with Crippen LogP contribution < -0.4 is 10.6 Å². The van der Waals surface area contributed by atoms with Crippen LogP contribution in [-0.4, -0.2) is 34.8 Å². The Morgan fingerprint density at radius 2 is 2.47 bits per heavy atom. The van der Waals surface area contributed by atoms with Crippen LogP contribution in [0.25, 0.3) is 0 Å². The second kappa shape index (κ2) is 6.70. The smallest absolute Gasteiger partial charge is 0.237 e. The predicted molar refractivity (Wildman–Crippen MR) is 74.7 cm³/mol. The summed E-state index contributed by atoms with van der Waals surface area (Å²) < 4.78 is 1.93. The second-order valence-corrected chi connectivity index (χ2v) is 5.28. The third kappa shape index (κ3) is 3.80. The van der Waals surface area contributed by atoms with Gasteiger partial charge in [0.15, 0.2) is 0 Å². The van der Waals surface area contributed by atoms with Crippen LogP contribution in [0.4, 0.5) is 0 Å². The molecule has 5 heteroatoms. The Labute approximate surface area is 114 Å². The van der Waals surface area contributed by atoms with E-state index in [0.29, 0.717) is 12.5 Å². The van der Waals surface area contributed by atoms with Crippen molar-refractivity contribution in [3.05, 3.63) is 18.0 Å². The van der Waals surface area contributed by atoms with Crippen molar-refractivity contribution in [3.8, 4) is 0 Å². The van der Waals surface area contributed by atoms with Crippen LogP contribution in [0.5, 0.6) is 0 Å². The lowest BCUT2D eigenvalue weighted by Gasteiger charge is -2.29. The number of aromatic nitrogens is 2. The highest BCUT2D eigenvalue weighted by molar-refractivity contribution is 5.81. The van der Waals surface area contributed by atoms with E-state index >= 15 is 0 Å². The summed E-state index contributed by atoms with van der Waals surface area (Å²) in [6.45, 7) is 3.61. The average Bonchev–Trinajstić information content (AvgIpc) is 2.82. The number of carbonyl (C=O) groups excluding carboxylic acids is 1. The molecule has 0 saturated carbocycles. The molecule has 0 spiro atoms. The fourth-order valence-electron chi connectivity index (χ4n) is 2.75. The van der Waals surface area contributed by atoms with Gasteiger partial charge in [0.05, 0.1) is 6.04 Å². The number of nitrogens with one attached hydrogen (secondary N) is 2. The van der Waals surface area contributed by atoms with Crippen molar-refractivity contribution in [1.82, 2.24) is 20.4 Å². The summed E-state index contributed by atoms with van der Waals surface area (Å²) in [6, 6.07) is 2.06. The van der Waals surface area contributed by atoms with Crippen LogP contribution in [0.1, 0.15) is 31.9 Å². The molecule has 1 aromatic heterocycles. The Morgan fingerprint density at radius 3 is 3.16 bits per heavy atom. The first-order chi connectivity index (χ1) is 9.20. The van der Waals surface area contributed by atoms with E-state index in [9.17, 15) is 4.79 Å². The molecule has 1 aliphatic rings. The van der Waals surface area contributed by atoms with Gasteiger partial charge < -0.3 is 10.6 Å². The van der Waals surface area contributed by atoms with Crippen molar-refractivity contribution in [2.75, 3.05) is 13.1 Å². The molecule has 2 N–H and O–H groups in total. The number of piperidine rings is 1. The van der Waals surface area contributed by atoms with Gasteiger partial charge in [-0.2, -0.15) is 5.10 Å². The maximum Gasteiger partial charge on any atom is 0.237 e. The SMILES string of the molecule is CCNC(=O)C1CC(CCc2ccnn2C)CCN1. The highest BCUT2D eigenvalue weighted by Gasteiger charge is 2.26. The molecule has 106 valence electrons. The third-order valence-corrected chi connectivity index (χ3v) is 3.91. The summed E-state index contributed by atoms with van der Waals surface area (Å²) >= 11 is 0. The fourth-order valence-corrected chi connectivity index (χ4v) is 2.75. The number of hydrogen-bond donors (Lipinski definition) is 2. The van der Waals surface area contributed by atoms with Gasteiger partial charge in [0.1, 0.15) is 0 Å². The number of likely N-dealkylation sites (N-methyl/N-ethyl adjacent to an activating group) is 1. The van der Waals surface area contributed by atoms with Crippen molar-refractivity contribution in [1.29, 1.82) is 0 Å². The number of amides is 1. The second-order valence-electron chi connectivity index (χ2n) is 5.28. The zero-order valence-electron chi connectivity index (χ0n) is 11.9. The van der Waals surface area contributed by atoms with Crippen LogP contribution in [-0.2, 0) is 18.3 Å². The van der Waals surface area contributed by atoms with E-state index in [0.717, 1.165) is 32.2 Å². The van der Waals surface area contributed by atoms with E-state index in [1.165, 1.54) is 5.69 Å². The van der Waals surface area contributed by atoms with E-state index in [1.807, 2.05) is 24.9 Å². The summed E-state index contributed by atoms with van der Waals surface area (Å²) in [7, 11) is 1.98. The molecule has 2 unspecified atom stereocenters. The molecule has 0 radical (unpaired) electrons. The summed E-state index contributed by atoms with van der Waals surface area (Å²) in [5, 5.41) is 10.4. The van der Waals surface area contributed by atoms with Gasteiger partial charge in [-0.25, -0.2) is 0 Å². The predicted octanol–water partition coefficient (Wildman–Crippen LogP) is 0.857. The minimum atomic E-state index is -0.00904. The number of nitrogens with zero attached hydrogens (tertiary/aromatic N) is 2. The highest BCUT2D eigenvalue weighted by atomic mass is 16.2. The molecular weight excluding hydrogens is 240 g/mol. The van der Waals surface area contributed by atoms with E-state index in [2.05, 4.69) is 21.8 Å². The van der Waals surface area contributed by atoms with Gasteiger partial charge in [-0.3, -0.25) is 9.48 Å². The first kappa shape index (κ1) is 14.1. The molecular formula is C14H24N4O. The van der Waals surface area contributed by atoms with Crippen LogP contribution in [0.15, 0.2) is 12.3 Å². The van der Waals surface area contributed by atoms with Crippen molar-refractivity contribution < 1.29 is 4.79 Å². The largest absolute Gasteiger partial charge is 0.355 e. The normalized spacial score (nSPS) is 23.3. The average molecular weight is 264 g/mol. The zero-order valence-corrected chi connectivity index (χ0v) is 11.9. The summed E-state index contributed by atoms with van der Waals surface area (Å²) in [5.74, 6) is 0.775. The van der Waals surface area contributed by atoms with Gasteiger partial charge in [0, 0.05) is 25.5 Å². The van der Waals surface area contributed by atoms with Gasteiger partial charge >= 0.3 is 0 Å². The van der Waals surface area contributed by atoms with Gasteiger partial charge in [-0.1, -0.05) is 0 Å². The monoisotopic (exact) mass is 264 g/mol. The molecule has 1 aromatic rings. The van der Waals surface area contributed by atoms with Crippen molar-refractivity contribution in [3.63, 3.8) is 0 Å². The number of rotatable bonds is 5. The highest BCUT2D eigenvalue weighted by Crippen LogP contribution is 2.21. The lowest BCUT2D eigenvalue weighted by molar-refractivity contribution is -0.124. The van der Waals surface area contributed by atoms with Crippen LogP contribution >= 0.6 is 0 Å². The van der Waals surface area contributed by atoms with E-state index in [4.69, 9.17) is 0 Å². The Kier molecular flexibility index (Phi) is 4.96. The molecule has 19 heavy (non-hydrogen) atoms. The van der Waals surface area contributed by atoms with Gasteiger partial charge in [0.25, 0.3) is 0 Å². The van der Waals surface area contributed by atoms with Crippen LogP contribution in [0.2, 0.25) is 0 Å². The summed E-state index contributed by atoms with van der Waals surface area (Å²) in [4.78, 5) is 11.8. The first-order valence-corrected chi connectivity index (χ1v) is 7.18. The Hall–Kier alpha value is -1.36. The molecule has 0 aromatic carbocycles. The molecule has 2 heterocycles. The molecule has 5 nitrogen and oxygen atoms in total. The Morgan fingerprint density at radius 1 is 1.63 bits per heavy atom. The third-order valence-electron chi connectivity index (χ3n) is 3.91. The fraction of sp³-hybridized carbons (Fsp3) is 0.714. The first-order valence-electron chi connectivity index (χ1n) is 7.18. The van der Waals surface area contributed by atoms with E-state index in [-0.39, 0.29) is 11.9 Å². The van der Waals surface area contributed by atoms with Crippen LogP contribution in [0.3, 0.4) is 0 Å². The lowest BCUT2D eigenvalue weighted by atomic mass is 9.88. The van der Waals surface area contributed by atoms with Crippen molar-refractivity contribution in [2.24, 2.45) is 13.0 Å². The number of carbonyl (C=O) groups is 1.